The molecule has 12 heavy (non-hydrogen) atoms. The van der Waals surface area contributed by atoms with Crippen molar-refractivity contribution in [2.45, 2.75) is 6.04 Å². The van der Waals surface area contributed by atoms with Gasteiger partial charge in [0.15, 0.2) is 0 Å². The van der Waals surface area contributed by atoms with Gasteiger partial charge in [0.2, 0.25) is 0 Å². The molecule has 0 aliphatic heterocycles. The van der Waals surface area contributed by atoms with E-state index >= 15 is 0 Å². The zero-order valence-corrected chi connectivity index (χ0v) is 7.32. The number of methoxy groups -OCH3 is 2. The summed E-state index contributed by atoms with van der Waals surface area (Å²) in [5.74, 6) is -1.33. The van der Waals surface area contributed by atoms with Crippen molar-refractivity contribution < 1.29 is 19.4 Å². The number of carboxylic acids is 1. The molecule has 0 aromatic carbocycles. The lowest BCUT2D eigenvalue weighted by Crippen LogP contribution is -2.42. The minimum atomic E-state index is -1.03. The van der Waals surface area contributed by atoms with Crippen LogP contribution in [0.25, 0.3) is 0 Å². The first kappa shape index (κ1) is 11.4. The molecule has 0 rings (SSSR count). The van der Waals surface area contributed by atoms with E-state index < -0.39 is 12.0 Å². The maximum atomic E-state index is 10.5. The van der Waals surface area contributed by atoms with Crippen LogP contribution in [-0.2, 0) is 14.3 Å². The summed E-state index contributed by atoms with van der Waals surface area (Å²) in [6.45, 7) is 0.586. The van der Waals surface area contributed by atoms with Gasteiger partial charge in [0.05, 0.1) is 13.2 Å². The van der Waals surface area contributed by atoms with Crippen molar-refractivity contribution in [2.24, 2.45) is 11.7 Å². The summed E-state index contributed by atoms with van der Waals surface area (Å²) in [5.41, 5.74) is 5.37. The maximum absolute atomic E-state index is 10.5. The fraction of sp³-hybridized carbons (Fsp3) is 0.857. The number of nitrogens with two attached hydrogens (primary N) is 1. The molecule has 0 radical (unpaired) electrons. The van der Waals surface area contributed by atoms with Crippen molar-refractivity contribution in [2.75, 3.05) is 27.4 Å². The van der Waals surface area contributed by atoms with Crippen LogP contribution < -0.4 is 5.73 Å². The predicted octanol–water partition coefficient (Wildman–Crippen LogP) is -0.693. The molecule has 0 saturated carbocycles. The van der Waals surface area contributed by atoms with Crippen LogP contribution in [-0.4, -0.2) is 44.6 Å². The van der Waals surface area contributed by atoms with Crippen molar-refractivity contribution in [3.63, 3.8) is 0 Å². The van der Waals surface area contributed by atoms with Crippen molar-refractivity contribution in [3.05, 3.63) is 0 Å². The molecule has 1 atom stereocenters. The van der Waals surface area contributed by atoms with Gasteiger partial charge in [-0.1, -0.05) is 0 Å². The Balaban J connectivity index is 3.98. The molecule has 0 spiro atoms. The molecule has 0 amide bonds. The Morgan fingerprint density at radius 3 is 2.08 bits per heavy atom. The topological polar surface area (TPSA) is 81.8 Å². The lowest BCUT2D eigenvalue weighted by atomic mass is 10.0. The minimum absolute atomic E-state index is 0.293. The Morgan fingerprint density at radius 1 is 1.42 bits per heavy atom. The standard InChI is InChI=1S/C7H15NO4/c1-11-3-5(4-12-2)6(8)7(9)10/h5-6H,3-4,8H2,1-2H3,(H,9,10)/t6-/m1/s1. The smallest absolute Gasteiger partial charge is 0.320 e. The first-order valence-electron chi connectivity index (χ1n) is 3.59. The predicted molar refractivity (Wildman–Crippen MR) is 42.9 cm³/mol. The normalized spacial score (nSPS) is 13.3. The van der Waals surface area contributed by atoms with Crippen LogP contribution in [0.1, 0.15) is 0 Å². The molecule has 0 bridgehead atoms. The van der Waals surface area contributed by atoms with E-state index in [1.54, 1.807) is 0 Å². The summed E-state index contributed by atoms with van der Waals surface area (Å²) in [4.78, 5) is 10.5. The molecule has 5 nitrogen and oxygen atoms in total. The average molecular weight is 177 g/mol. The second-order valence-corrected chi connectivity index (χ2v) is 2.53. The van der Waals surface area contributed by atoms with Gasteiger partial charge >= 0.3 is 5.97 Å². The molecule has 3 N–H and O–H groups in total. The van der Waals surface area contributed by atoms with Gasteiger partial charge in [-0.2, -0.15) is 0 Å². The number of ether oxygens (including phenoxy) is 2. The summed E-state index contributed by atoms with van der Waals surface area (Å²) >= 11 is 0. The Kier molecular flexibility index (Phi) is 5.61. The van der Waals surface area contributed by atoms with Crippen LogP contribution in [0, 0.1) is 5.92 Å². The fourth-order valence-corrected chi connectivity index (χ4v) is 0.885. The van der Waals surface area contributed by atoms with Crippen LogP contribution in [0.15, 0.2) is 0 Å². The quantitative estimate of drug-likeness (QED) is 0.561. The van der Waals surface area contributed by atoms with E-state index in [2.05, 4.69) is 0 Å². The van der Waals surface area contributed by atoms with Gasteiger partial charge in [-0.3, -0.25) is 4.79 Å². The Morgan fingerprint density at radius 2 is 1.83 bits per heavy atom. The molecule has 0 unspecified atom stereocenters. The summed E-state index contributed by atoms with van der Waals surface area (Å²) < 4.78 is 9.61. The van der Waals surface area contributed by atoms with E-state index in [1.165, 1.54) is 14.2 Å². The van der Waals surface area contributed by atoms with Crippen LogP contribution in [0.3, 0.4) is 0 Å². The van der Waals surface area contributed by atoms with Crippen molar-refractivity contribution in [1.82, 2.24) is 0 Å². The number of aliphatic carboxylic acids is 1. The maximum Gasteiger partial charge on any atom is 0.320 e. The van der Waals surface area contributed by atoms with Gasteiger partial charge in [0.25, 0.3) is 0 Å². The molecule has 0 aromatic rings. The number of hydrogen-bond acceptors (Lipinski definition) is 4. The van der Waals surface area contributed by atoms with Gasteiger partial charge in [0, 0.05) is 20.1 Å². The lowest BCUT2D eigenvalue weighted by molar-refractivity contribution is -0.141. The highest BCUT2D eigenvalue weighted by molar-refractivity contribution is 5.73. The lowest BCUT2D eigenvalue weighted by Gasteiger charge is -2.18. The minimum Gasteiger partial charge on any atom is -0.480 e. The molecular weight excluding hydrogens is 162 g/mol. The van der Waals surface area contributed by atoms with Crippen molar-refractivity contribution in [1.29, 1.82) is 0 Å². The second kappa shape index (κ2) is 5.93. The van der Waals surface area contributed by atoms with E-state index in [4.69, 9.17) is 20.3 Å². The third-order valence-electron chi connectivity index (χ3n) is 1.55. The Labute approximate surface area is 71.5 Å². The molecular formula is C7H15NO4. The molecule has 0 saturated heterocycles. The third kappa shape index (κ3) is 3.66. The number of carboxylic acid groups (broad SMARTS) is 1. The number of rotatable bonds is 6. The van der Waals surface area contributed by atoms with Crippen molar-refractivity contribution >= 4 is 5.97 Å². The van der Waals surface area contributed by atoms with Crippen LogP contribution in [0.5, 0.6) is 0 Å². The highest BCUT2D eigenvalue weighted by Crippen LogP contribution is 2.03. The van der Waals surface area contributed by atoms with E-state index in [0.29, 0.717) is 13.2 Å². The fourth-order valence-electron chi connectivity index (χ4n) is 0.885. The monoisotopic (exact) mass is 177 g/mol. The molecule has 72 valence electrons. The highest BCUT2D eigenvalue weighted by Gasteiger charge is 2.23. The second-order valence-electron chi connectivity index (χ2n) is 2.53. The van der Waals surface area contributed by atoms with Gasteiger partial charge in [-0.15, -0.1) is 0 Å². The molecule has 0 aliphatic rings. The van der Waals surface area contributed by atoms with Crippen molar-refractivity contribution in [3.8, 4) is 0 Å². The third-order valence-corrected chi connectivity index (χ3v) is 1.55. The summed E-state index contributed by atoms with van der Waals surface area (Å²) in [6, 6.07) is -0.926. The Hall–Kier alpha value is -0.650. The van der Waals surface area contributed by atoms with E-state index in [1.807, 2.05) is 0 Å². The van der Waals surface area contributed by atoms with E-state index in [-0.39, 0.29) is 5.92 Å². The van der Waals surface area contributed by atoms with Gasteiger partial charge < -0.3 is 20.3 Å². The summed E-state index contributed by atoms with van der Waals surface area (Å²) in [5, 5.41) is 8.57. The molecule has 0 heterocycles. The van der Waals surface area contributed by atoms with E-state index in [9.17, 15) is 4.79 Å². The van der Waals surface area contributed by atoms with Gasteiger partial charge in [0.1, 0.15) is 6.04 Å². The highest BCUT2D eigenvalue weighted by atomic mass is 16.5. The van der Waals surface area contributed by atoms with E-state index in [0.717, 1.165) is 0 Å². The molecule has 0 fully saturated rings. The number of carbonyl (C=O) groups is 1. The molecule has 0 aromatic heterocycles. The van der Waals surface area contributed by atoms with Crippen LogP contribution >= 0.6 is 0 Å². The van der Waals surface area contributed by atoms with Gasteiger partial charge in [-0.25, -0.2) is 0 Å². The zero-order valence-electron chi connectivity index (χ0n) is 7.32. The zero-order chi connectivity index (χ0) is 9.56. The largest absolute Gasteiger partial charge is 0.480 e. The van der Waals surface area contributed by atoms with Gasteiger partial charge in [-0.05, 0) is 0 Å². The average Bonchev–Trinajstić information content (AvgIpc) is 2.03. The summed E-state index contributed by atoms with van der Waals surface area (Å²) in [7, 11) is 2.99. The van der Waals surface area contributed by atoms with Crippen LogP contribution in [0.4, 0.5) is 0 Å². The van der Waals surface area contributed by atoms with Crippen LogP contribution in [0.2, 0.25) is 0 Å². The molecule has 0 aliphatic carbocycles. The first-order chi connectivity index (χ1) is 5.63. The number of hydrogen-bond donors (Lipinski definition) is 2. The summed E-state index contributed by atoms with van der Waals surface area (Å²) in [6.07, 6.45) is 0. The Bertz CT molecular complexity index is 133. The molecule has 5 heteroatoms. The first-order valence-corrected chi connectivity index (χ1v) is 3.59. The SMILES string of the molecule is COCC(COC)[C@@H](N)C(=O)O.